The number of hydrogen-bond acceptors (Lipinski definition) is 6. The summed E-state index contributed by atoms with van der Waals surface area (Å²) in [5.74, 6) is 0.723. The van der Waals surface area contributed by atoms with Crippen LogP contribution >= 0.6 is 11.6 Å². The molecular weight excluding hydrogens is 426 g/mol. The minimum absolute atomic E-state index is 0.0252. The fourth-order valence-corrected chi connectivity index (χ4v) is 5.28. The van der Waals surface area contributed by atoms with Crippen LogP contribution in [0.4, 0.5) is 0 Å². The molecule has 0 saturated heterocycles. The summed E-state index contributed by atoms with van der Waals surface area (Å²) >= 11 is 6.16. The Hall–Kier alpha value is -2.49. The van der Waals surface area contributed by atoms with Gasteiger partial charge in [0.05, 0.1) is 34.9 Å². The zero-order valence-corrected chi connectivity index (χ0v) is 18.0. The van der Waals surface area contributed by atoms with Gasteiger partial charge < -0.3 is 9.67 Å². The van der Waals surface area contributed by atoms with Gasteiger partial charge in [-0.15, -0.1) is 0 Å². The predicted octanol–water partition coefficient (Wildman–Crippen LogP) is 2.97. The van der Waals surface area contributed by atoms with E-state index in [-0.39, 0.29) is 17.6 Å². The Labute approximate surface area is 178 Å². The minimum Gasteiger partial charge on any atom is -0.390 e. The molecule has 4 aromatic rings. The van der Waals surface area contributed by atoms with Crippen molar-refractivity contribution in [3.8, 4) is 0 Å². The van der Waals surface area contributed by atoms with E-state index >= 15 is 0 Å². The molecule has 0 unspecified atom stereocenters. The lowest BCUT2D eigenvalue weighted by molar-refractivity contribution is -0.0505. The van der Waals surface area contributed by atoms with Gasteiger partial charge >= 0.3 is 0 Å². The van der Waals surface area contributed by atoms with E-state index in [0.29, 0.717) is 28.8 Å². The number of halogens is 1. The molecular formula is C20H20ClN5O3S. The van der Waals surface area contributed by atoms with E-state index in [4.69, 9.17) is 16.6 Å². The second-order valence-corrected chi connectivity index (χ2v) is 10.6. The first-order valence-electron chi connectivity index (χ1n) is 9.52. The van der Waals surface area contributed by atoms with E-state index < -0.39 is 15.4 Å². The normalized spacial score (nSPS) is 21.9. The molecule has 3 aromatic heterocycles. The SMILES string of the molecule is CS(=O)(=O)c1nn(Cc2nc3cc(Cl)ccc3n2[C@H]2C[C@](C)(O)C2)c2cnccc12. The van der Waals surface area contributed by atoms with Gasteiger partial charge in [-0.1, -0.05) is 11.6 Å². The van der Waals surface area contributed by atoms with Crippen LogP contribution in [0.5, 0.6) is 0 Å². The zero-order chi connectivity index (χ0) is 21.3. The second-order valence-electron chi connectivity index (χ2n) is 8.22. The van der Waals surface area contributed by atoms with Gasteiger partial charge in [0.25, 0.3) is 0 Å². The first-order valence-corrected chi connectivity index (χ1v) is 11.8. The number of aromatic nitrogens is 5. The Morgan fingerprint density at radius 2 is 2.03 bits per heavy atom. The Bertz CT molecular complexity index is 1400. The van der Waals surface area contributed by atoms with Crippen LogP contribution in [0.15, 0.2) is 41.7 Å². The Kier molecular flexibility index (Phi) is 4.22. The third kappa shape index (κ3) is 3.17. The number of sulfone groups is 1. The van der Waals surface area contributed by atoms with Crippen molar-refractivity contribution in [2.24, 2.45) is 0 Å². The van der Waals surface area contributed by atoms with Crippen molar-refractivity contribution >= 4 is 43.4 Å². The number of pyridine rings is 1. The minimum atomic E-state index is -3.50. The molecule has 10 heteroatoms. The molecule has 0 spiro atoms. The highest BCUT2D eigenvalue weighted by Gasteiger charge is 2.41. The van der Waals surface area contributed by atoms with Gasteiger partial charge in [-0.05, 0) is 44.0 Å². The third-order valence-corrected chi connectivity index (χ3v) is 6.84. The standard InChI is InChI=1S/C20H20ClN5O3S/c1-20(27)8-13(9-20)26-16-4-3-12(21)7-15(16)23-18(26)11-25-17-10-22-6-5-14(17)19(24-25)30(2,28)29/h3-7,10,13,27H,8-9,11H2,1-2H3/t13-,20-. The van der Waals surface area contributed by atoms with Crippen molar-refractivity contribution in [3.63, 3.8) is 0 Å². The number of benzene rings is 1. The van der Waals surface area contributed by atoms with Gasteiger partial charge in [0, 0.05) is 28.9 Å². The molecule has 0 radical (unpaired) electrons. The maximum atomic E-state index is 12.2. The summed E-state index contributed by atoms with van der Waals surface area (Å²) in [6.45, 7) is 2.09. The Balaban J connectivity index is 1.66. The molecule has 0 atom stereocenters. The fourth-order valence-electron chi connectivity index (χ4n) is 4.30. The summed E-state index contributed by atoms with van der Waals surface area (Å²) < 4.78 is 28.2. The molecule has 5 rings (SSSR count). The molecule has 1 saturated carbocycles. The second kappa shape index (κ2) is 6.50. The van der Waals surface area contributed by atoms with Crippen LogP contribution in [-0.2, 0) is 16.4 Å². The molecule has 3 heterocycles. The highest BCUT2D eigenvalue weighted by atomic mass is 35.5. The number of rotatable bonds is 4. The smallest absolute Gasteiger partial charge is 0.195 e. The molecule has 0 amide bonds. The number of nitrogens with zero attached hydrogens (tertiary/aromatic N) is 5. The lowest BCUT2D eigenvalue weighted by Crippen LogP contribution is -2.42. The highest BCUT2D eigenvalue weighted by molar-refractivity contribution is 7.90. The Morgan fingerprint density at radius 1 is 1.27 bits per heavy atom. The zero-order valence-electron chi connectivity index (χ0n) is 16.4. The van der Waals surface area contributed by atoms with E-state index in [2.05, 4.69) is 14.6 Å². The monoisotopic (exact) mass is 445 g/mol. The quantitative estimate of drug-likeness (QED) is 0.518. The lowest BCUT2D eigenvalue weighted by Gasteiger charge is -2.42. The van der Waals surface area contributed by atoms with Crippen molar-refractivity contribution < 1.29 is 13.5 Å². The summed E-state index contributed by atoms with van der Waals surface area (Å²) in [4.78, 5) is 8.90. The molecule has 1 aliphatic rings. The van der Waals surface area contributed by atoms with E-state index in [1.165, 1.54) is 0 Å². The largest absolute Gasteiger partial charge is 0.390 e. The molecule has 30 heavy (non-hydrogen) atoms. The van der Waals surface area contributed by atoms with Crippen LogP contribution in [0.25, 0.3) is 21.9 Å². The average molecular weight is 446 g/mol. The number of imidazole rings is 1. The van der Waals surface area contributed by atoms with Crippen LogP contribution in [0.2, 0.25) is 5.02 Å². The van der Waals surface area contributed by atoms with Gasteiger partial charge in [-0.2, -0.15) is 5.10 Å². The van der Waals surface area contributed by atoms with E-state index in [0.717, 1.165) is 23.1 Å². The molecule has 1 aromatic carbocycles. The maximum absolute atomic E-state index is 12.2. The predicted molar refractivity (Wildman–Crippen MR) is 113 cm³/mol. The van der Waals surface area contributed by atoms with Crippen molar-refractivity contribution in [2.45, 2.75) is 43.0 Å². The average Bonchev–Trinajstić information content (AvgIpc) is 3.17. The summed E-state index contributed by atoms with van der Waals surface area (Å²) in [6.07, 6.45) is 5.53. The number of fused-ring (bicyclic) bond motifs is 2. The van der Waals surface area contributed by atoms with Gasteiger partial charge in [0.2, 0.25) is 0 Å². The summed E-state index contributed by atoms with van der Waals surface area (Å²) in [5, 5.41) is 15.8. The van der Waals surface area contributed by atoms with Crippen molar-refractivity contribution in [2.75, 3.05) is 6.26 Å². The third-order valence-electron chi connectivity index (χ3n) is 5.60. The molecule has 1 aliphatic carbocycles. The molecule has 156 valence electrons. The molecule has 0 aliphatic heterocycles. The molecule has 8 nitrogen and oxygen atoms in total. The molecule has 0 bridgehead atoms. The highest BCUT2D eigenvalue weighted by Crippen LogP contribution is 2.43. The van der Waals surface area contributed by atoms with Crippen LogP contribution in [0, 0.1) is 0 Å². The Morgan fingerprint density at radius 3 is 2.73 bits per heavy atom. The van der Waals surface area contributed by atoms with Gasteiger partial charge in [0.15, 0.2) is 14.9 Å². The number of aliphatic hydroxyl groups is 1. The van der Waals surface area contributed by atoms with Crippen LogP contribution in [0.1, 0.15) is 31.6 Å². The maximum Gasteiger partial charge on any atom is 0.195 e. The first-order chi connectivity index (χ1) is 14.1. The van der Waals surface area contributed by atoms with Crippen LogP contribution in [0.3, 0.4) is 0 Å². The van der Waals surface area contributed by atoms with Crippen LogP contribution < -0.4 is 0 Å². The van der Waals surface area contributed by atoms with E-state index in [1.807, 2.05) is 19.1 Å². The summed E-state index contributed by atoms with van der Waals surface area (Å²) in [7, 11) is -3.50. The fraction of sp³-hybridized carbons (Fsp3) is 0.350. The van der Waals surface area contributed by atoms with Crippen LogP contribution in [-0.4, -0.2) is 49.7 Å². The first kappa shape index (κ1) is 19.5. The van der Waals surface area contributed by atoms with E-state index in [9.17, 15) is 13.5 Å². The molecule has 1 N–H and O–H groups in total. The van der Waals surface area contributed by atoms with E-state index in [1.54, 1.807) is 29.2 Å². The van der Waals surface area contributed by atoms with Crippen molar-refractivity contribution in [1.29, 1.82) is 0 Å². The lowest BCUT2D eigenvalue weighted by atomic mass is 9.77. The topological polar surface area (TPSA) is 103 Å². The van der Waals surface area contributed by atoms with Gasteiger partial charge in [-0.3, -0.25) is 9.67 Å². The summed E-state index contributed by atoms with van der Waals surface area (Å²) in [6, 6.07) is 7.29. The van der Waals surface area contributed by atoms with Gasteiger partial charge in [0.1, 0.15) is 5.82 Å². The summed E-state index contributed by atoms with van der Waals surface area (Å²) in [5.41, 5.74) is 1.60. The number of hydrogen-bond donors (Lipinski definition) is 1. The van der Waals surface area contributed by atoms with Crippen molar-refractivity contribution in [3.05, 3.63) is 47.5 Å². The van der Waals surface area contributed by atoms with Crippen molar-refractivity contribution in [1.82, 2.24) is 24.3 Å². The van der Waals surface area contributed by atoms with Gasteiger partial charge in [-0.25, -0.2) is 13.4 Å². The molecule has 1 fully saturated rings.